The molecule has 2 atom stereocenters. The number of allylic oxidation sites excluding steroid dienone is 5. The quantitative estimate of drug-likeness (QED) is 0.292. The fourth-order valence-corrected chi connectivity index (χ4v) is 4.62. The van der Waals surface area contributed by atoms with Crippen molar-refractivity contribution in [1.29, 1.82) is 0 Å². The molecule has 0 aliphatic heterocycles. The van der Waals surface area contributed by atoms with Gasteiger partial charge in [0.25, 0.3) is 0 Å². The molecule has 0 fully saturated rings. The lowest BCUT2D eigenvalue weighted by Crippen LogP contribution is -2.39. The molecule has 5 heteroatoms. The molecule has 0 saturated heterocycles. The minimum atomic E-state index is -0.457. The highest BCUT2D eigenvalue weighted by Crippen LogP contribution is 2.46. The van der Waals surface area contributed by atoms with E-state index in [2.05, 4.69) is 52.9 Å². The van der Waals surface area contributed by atoms with Crippen LogP contribution in [-0.2, 0) is 4.79 Å². The highest BCUT2D eigenvalue weighted by Gasteiger charge is 2.30. The van der Waals surface area contributed by atoms with Crippen LogP contribution in [0, 0.1) is 0 Å². The fourth-order valence-electron chi connectivity index (χ4n) is 4.62. The number of fused-ring (bicyclic) bond motifs is 3. The predicted molar refractivity (Wildman–Crippen MR) is 150 cm³/mol. The van der Waals surface area contributed by atoms with Gasteiger partial charge in [-0.05, 0) is 48.8 Å². The molecule has 5 nitrogen and oxygen atoms in total. The monoisotopic (exact) mass is 489 g/mol. The maximum Gasteiger partial charge on any atom is 0.237 e. The van der Waals surface area contributed by atoms with Crippen LogP contribution >= 0.6 is 0 Å². The Kier molecular flexibility index (Phi) is 7.06. The number of rotatable bonds is 6. The lowest BCUT2D eigenvalue weighted by Gasteiger charge is -2.15. The number of aromatic amines is 1. The third kappa shape index (κ3) is 5.27. The summed E-state index contributed by atoms with van der Waals surface area (Å²) >= 11 is 0. The first-order chi connectivity index (χ1) is 18.0. The molecule has 37 heavy (non-hydrogen) atoms. The van der Waals surface area contributed by atoms with Crippen molar-refractivity contribution in [2.75, 3.05) is 0 Å². The van der Waals surface area contributed by atoms with Gasteiger partial charge in [0, 0.05) is 34.7 Å². The number of amides is 1. The summed E-state index contributed by atoms with van der Waals surface area (Å²) < 4.78 is 6.25. The Balaban J connectivity index is 0.000000173. The molecule has 6 rings (SSSR count). The van der Waals surface area contributed by atoms with Crippen LogP contribution < -0.4 is 15.8 Å². The van der Waals surface area contributed by atoms with Crippen LogP contribution in [0.5, 0.6) is 5.75 Å². The highest BCUT2D eigenvalue weighted by molar-refractivity contribution is 6.00. The summed E-state index contributed by atoms with van der Waals surface area (Å²) in [5, 5.41) is 4.07. The second kappa shape index (κ2) is 10.7. The molecule has 2 aliphatic carbocycles. The zero-order valence-electron chi connectivity index (χ0n) is 21.1. The third-order valence-corrected chi connectivity index (χ3v) is 6.60. The van der Waals surface area contributed by atoms with Crippen LogP contribution in [0.25, 0.3) is 16.5 Å². The van der Waals surface area contributed by atoms with Crippen LogP contribution in [0.2, 0.25) is 0 Å². The van der Waals surface area contributed by atoms with Gasteiger partial charge in [-0.3, -0.25) is 4.79 Å². The van der Waals surface area contributed by atoms with Crippen LogP contribution in [0.3, 0.4) is 0 Å². The van der Waals surface area contributed by atoms with Crippen molar-refractivity contribution in [2.45, 2.75) is 32.4 Å². The SMILES string of the molecule is C1=CC2=C(c3c[nH]c4ccccc34)C(Oc3ccccc3)=C1C2.CC(N)C(=O)NC(C)c1ccccc1. The van der Waals surface area contributed by atoms with Crippen molar-refractivity contribution in [3.8, 4) is 5.75 Å². The number of hydrogen-bond donors (Lipinski definition) is 3. The first-order valence-corrected chi connectivity index (χ1v) is 12.6. The Morgan fingerprint density at radius 2 is 1.54 bits per heavy atom. The van der Waals surface area contributed by atoms with Gasteiger partial charge in [0.2, 0.25) is 5.91 Å². The van der Waals surface area contributed by atoms with E-state index in [-0.39, 0.29) is 11.9 Å². The standard InChI is InChI=1S/C21H15NO.C11H16N2O/c1-2-6-16(7-3-1)23-21-15-11-10-14(12-15)20(21)18-13-22-19-9-5-4-8-17(18)19;1-8(12)11(14)13-9(2)10-6-4-3-5-7-10/h1-11,13,22H,12H2;3-9H,12H2,1-2H3,(H,13,14). The van der Waals surface area contributed by atoms with E-state index in [0.717, 1.165) is 29.0 Å². The molecule has 3 aromatic carbocycles. The topological polar surface area (TPSA) is 80.1 Å². The van der Waals surface area contributed by atoms with Crippen LogP contribution in [0.1, 0.15) is 37.4 Å². The number of para-hydroxylation sites is 2. The van der Waals surface area contributed by atoms with E-state index in [9.17, 15) is 4.79 Å². The largest absolute Gasteiger partial charge is 0.456 e. The second-order valence-electron chi connectivity index (χ2n) is 9.36. The Labute approximate surface area is 217 Å². The summed E-state index contributed by atoms with van der Waals surface area (Å²) in [7, 11) is 0. The molecule has 0 radical (unpaired) electrons. The number of ether oxygens (including phenoxy) is 1. The number of hydrogen-bond acceptors (Lipinski definition) is 3. The van der Waals surface area contributed by atoms with Gasteiger partial charge < -0.3 is 20.8 Å². The van der Waals surface area contributed by atoms with Crippen LogP contribution in [0.4, 0.5) is 0 Å². The first-order valence-electron chi connectivity index (χ1n) is 12.6. The molecule has 1 amide bonds. The van der Waals surface area contributed by atoms with Gasteiger partial charge >= 0.3 is 0 Å². The normalized spacial score (nSPS) is 15.4. The van der Waals surface area contributed by atoms with Gasteiger partial charge in [-0.25, -0.2) is 0 Å². The van der Waals surface area contributed by atoms with E-state index in [1.807, 2.05) is 67.6 Å². The molecule has 1 heterocycles. The molecular weight excluding hydrogens is 458 g/mol. The third-order valence-electron chi connectivity index (χ3n) is 6.60. The summed E-state index contributed by atoms with van der Waals surface area (Å²) in [5.74, 6) is 1.76. The molecule has 186 valence electrons. The van der Waals surface area contributed by atoms with Gasteiger partial charge in [-0.2, -0.15) is 0 Å². The number of H-pyrrole nitrogens is 1. The molecule has 1 aromatic heterocycles. The van der Waals surface area contributed by atoms with Crippen LogP contribution in [0.15, 0.2) is 120 Å². The summed E-state index contributed by atoms with van der Waals surface area (Å²) in [6.45, 7) is 3.61. The van der Waals surface area contributed by atoms with Gasteiger partial charge in [0.1, 0.15) is 11.5 Å². The van der Waals surface area contributed by atoms with E-state index >= 15 is 0 Å². The van der Waals surface area contributed by atoms with Crippen molar-refractivity contribution in [2.24, 2.45) is 5.73 Å². The molecule has 4 N–H and O–H groups in total. The number of nitrogens with two attached hydrogens (primary N) is 1. The second-order valence-corrected chi connectivity index (χ2v) is 9.36. The summed E-state index contributed by atoms with van der Waals surface area (Å²) in [6.07, 6.45) is 7.45. The maximum absolute atomic E-state index is 11.3. The smallest absolute Gasteiger partial charge is 0.237 e. The summed E-state index contributed by atoms with van der Waals surface area (Å²) in [6, 6.07) is 27.8. The van der Waals surface area contributed by atoms with Gasteiger partial charge in [0.15, 0.2) is 0 Å². The van der Waals surface area contributed by atoms with Crippen LogP contribution in [-0.4, -0.2) is 16.9 Å². The van der Waals surface area contributed by atoms with E-state index in [4.69, 9.17) is 10.5 Å². The minimum absolute atomic E-state index is 0.00898. The van der Waals surface area contributed by atoms with E-state index in [1.54, 1.807) is 6.92 Å². The first kappa shape index (κ1) is 24.3. The van der Waals surface area contributed by atoms with Crippen molar-refractivity contribution in [1.82, 2.24) is 10.3 Å². The highest BCUT2D eigenvalue weighted by atomic mass is 16.5. The molecule has 2 aliphatic rings. The molecule has 0 spiro atoms. The summed E-state index contributed by atoms with van der Waals surface area (Å²) in [4.78, 5) is 14.7. The van der Waals surface area contributed by atoms with Crippen molar-refractivity contribution >= 4 is 22.4 Å². The average Bonchev–Trinajstić information content (AvgIpc) is 3.65. The van der Waals surface area contributed by atoms with Gasteiger partial charge in [-0.15, -0.1) is 0 Å². The lowest BCUT2D eigenvalue weighted by molar-refractivity contribution is -0.122. The van der Waals surface area contributed by atoms with Crippen molar-refractivity contribution in [3.63, 3.8) is 0 Å². The number of carbonyl (C=O) groups is 1. The van der Waals surface area contributed by atoms with Gasteiger partial charge in [-0.1, -0.05) is 78.9 Å². The predicted octanol–water partition coefficient (Wildman–Crippen LogP) is 6.44. The zero-order valence-corrected chi connectivity index (χ0v) is 21.1. The molecule has 0 saturated carbocycles. The van der Waals surface area contributed by atoms with Gasteiger partial charge in [0.05, 0.1) is 12.1 Å². The Morgan fingerprint density at radius 1 is 0.892 bits per heavy atom. The fraction of sp³-hybridized carbons (Fsp3) is 0.156. The Morgan fingerprint density at radius 3 is 2.27 bits per heavy atom. The van der Waals surface area contributed by atoms with E-state index in [1.165, 1.54) is 27.7 Å². The number of benzene rings is 3. The Bertz CT molecular complexity index is 1490. The molecule has 2 bridgehead atoms. The van der Waals surface area contributed by atoms with E-state index < -0.39 is 6.04 Å². The number of nitrogens with one attached hydrogen (secondary N) is 2. The molecular formula is C32H31N3O2. The van der Waals surface area contributed by atoms with E-state index in [0.29, 0.717) is 0 Å². The maximum atomic E-state index is 11.3. The lowest BCUT2D eigenvalue weighted by atomic mass is 9.99. The van der Waals surface area contributed by atoms with Crippen molar-refractivity contribution in [3.05, 3.63) is 131 Å². The average molecular weight is 490 g/mol. The summed E-state index contributed by atoms with van der Waals surface area (Å²) in [5.41, 5.74) is 12.8. The van der Waals surface area contributed by atoms with Crippen molar-refractivity contribution < 1.29 is 9.53 Å². The Hall–Kier alpha value is -4.35. The zero-order chi connectivity index (χ0) is 25.8. The molecule has 4 aromatic rings. The number of aromatic nitrogens is 1. The molecule has 2 unspecified atom stereocenters. The number of carbonyl (C=O) groups excluding carboxylic acids is 1. The minimum Gasteiger partial charge on any atom is -0.456 e.